The second kappa shape index (κ2) is 10.4. The summed E-state index contributed by atoms with van der Waals surface area (Å²) in [6.07, 6.45) is 3.70. The second-order valence-electron chi connectivity index (χ2n) is 9.64. The van der Waals surface area contributed by atoms with Crippen molar-refractivity contribution >= 4 is 10.8 Å². The van der Waals surface area contributed by atoms with Gasteiger partial charge in [-0.15, -0.1) is 0 Å². The summed E-state index contributed by atoms with van der Waals surface area (Å²) in [7, 11) is 0. The summed E-state index contributed by atoms with van der Waals surface area (Å²) in [5.41, 5.74) is 7.39. The largest absolute Gasteiger partial charge is 0.264 e. The van der Waals surface area contributed by atoms with Crippen molar-refractivity contribution in [1.29, 1.82) is 0 Å². The average Bonchev–Trinajstić information content (AvgIpc) is 3.05. The fourth-order valence-electron chi connectivity index (χ4n) is 4.91. The summed E-state index contributed by atoms with van der Waals surface area (Å²) < 4.78 is 0. The molecule has 0 radical (unpaired) electrons. The van der Waals surface area contributed by atoms with Crippen molar-refractivity contribution in [3.05, 3.63) is 146 Å². The first-order valence-electron chi connectivity index (χ1n) is 13.2. The number of pyridine rings is 1. The highest BCUT2D eigenvalue weighted by Gasteiger charge is 2.13. The van der Waals surface area contributed by atoms with Crippen molar-refractivity contribution in [2.75, 3.05) is 0 Å². The maximum absolute atomic E-state index is 4.90. The van der Waals surface area contributed by atoms with Crippen molar-refractivity contribution < 1.29 is 0 Å². The van der Waals surface area contributed by atoms with Crippen LogP contribution in [0.15, 0.2) is 146 Å². The van der Waals surface area contributed by atoms with Gasteiger partial charge in [0.15, 0.2) is 17.5 Å². The zero-order valence-corrected chi connectivity index (χ0v) is 21.6. The van der Waals surface area contributed by atoms with Crippen molar-refractivity contribution in [3.8, 4) is 56.4 Å². The zero-order valence-electron chi connectivity index (χ0n) is 21.6. The monoisotopic (exact) mass is 512 g/mol. The number of hydrogen-bond acceptors (Lipinski definition) is 4. The third-order valence-electron chi connectivity index (χ3n) is 6.99. The summed E-state index contributed by atoms with van der Waals surface area (Å²) in [5, 5.41) is 2.38. The molecule has 5 aromatic carbocycles. The number of fused-ring (bicyclic) bond motifs is 1. The van der Waals surface area contributed by atoms with Gasteiger partial charge in [0.2, 0.25) is 0 Å². The molecule has 0 aliphatic rings. The standard InChI is InChI=1S/C36H24N4/c1-3-9-25(10-4-1)34-38-35(26-11-5-2-6-12-26)40-36(39-34)32-14-7-13-27(23-32)28-16-17-30-22-31(19-18-29(30)21-28)33-15-8-20-37-24-33/h1-24H. The van der Waals surface area contributed by atoms with Crippen LogP contribution in [0.2, 0.25) is 0 Å². The summed E-state index contributed by atoms with van der Waals surface area (Å²) in [5.74, 6) is 1.96. The highest BCUT2D eigenvalue weighted by Crippen LogP contribution is 2.31. The van der Waals surface area contributed by atoms with E-state index in [-0.39, 0.29) is 0 Å². The summed E-state index contributed by atoms with van der Waals surface area (Å²) in [6, 6.07) is 45.7. The first-order chi connectivity index (χ1) is 19.8. The van der Waals surface area contributed by atoms with Gasteiger partial charge in [0.25, 0.3) is 0 Å². The molecule has 0 fully saturated rings. The van der Waals surface area contributed by atoms with Crippen LogP contribution in [0.3, 0.4) is 0 Å². The molecule has 2 heterocycles. The van der Waals surface area contributed by atoms with Crippen molar-refractivity contribution in [2.24, 2.45) is 0 Å². The number of aromatic nitrogens is 4. The Kier molecular flexibility index (Phi) is 6.11. The van der Waals surface area contributed by atoms with E-state index >= 15 is 0 Å². The minimum Gasteiger partial charge on any atom is -0.264 e. The Hall–Kier alpha value is -5.48. The average molecular weight is 513 g/mol. The van der Waals surface area contributed by atoms with Crippen LogP contribution in [-0.2, 0) is 0 Å². The topological polar surface area (TPSA) is 51.6 Å². The van der Waals surface area contributed by atoms with Crippen LogP contribution in [0, 0.1) is 0 Å². The van der Waals surface area contributed by atoms with Crippen LogP contribution in [-0.4, -0.2) is 19.9 Å². The van der Waals surface area contributed by atoms with Crippen LogP contribution >= 0.6 is 0 Å². The molecule has 0 amide bonds. The van der Waals surface area contributed by atoms with E-state index in [4.69, 9.17) is 15.0 Å². The van der Waals surface area contributed by atoms with E-state index in [0.717, 1.165) is 38.9 Å². The third kappa shape index (κ3) is 4.74. The first kappa shape index (κ1) is 23.6. The van der Waals surface area contributed by atoms with Gasteiger partial charge >= 0.3 is 0 Å². The zero-order chi connectivity index (χ0) is 26.7. The highest BCUT2D eigenvalue weighted by molar-refractivity contribution is 5.91. The molecule has 7 rings (SSSR count). The first-order valence-corrected chi connectivity index (χ1v) is 13.2. The molecule has 0 N–H and O–H groups in total. The van der Waals surface area contributed by atoms with Gasteiger partial charge < -0.3 is 0 Å². The van der Waals surface area contributed by atoms with Crippen molar-refractivity contribution in [1.82, 2.24) is 19.9 Å². The van der Waals surface area contributed by atoms with E-state index in [2.05, 4.69) is 71.7 Å². The Bertz CT molecular complexity index is 1880. The molecule has 188 valence electrons. The number of rotatable bonds is 5. The molecule has 0 aliphatic heterocycles. The molecule has 0 spiro atoms. The molecule has 0 aliphatic carbocycles. The molecule has 4 nitrogen and oxygen atoms in total. The SMILES string of the molecule is c1ccc(-c2nc(-c3ccccc3)nc(-c3cccc(-c4ccc5cc(-c6cccnc6)ccc5c4)c3)n2)cc1. The van der Waals surface area contributed by atoms with Gasteiger partial charge in [0, 0.05) is 34.6 Å². The lowest BCUT2D eigenvalue weighted by Gasteiger charge is -2.10. The number of hydrogen-bond donors (Lipinski definition) is 0. The summed E-state index contributed by atoms with van der Waals surface area (Å²) in [6.45, 7) is 0. The predicted octanol–water partition coefficient (Wildman–Crippen LogP) is 8.75. The van der Waals surface area contributed by atoms with Crippen LogP contribution in [0.4, 0.5) is 0 Å². The van der Waals surface area contributed by atoms with Crippen LogP contribution < -0.4 is 0 Å². The molecular weight excluding hydrogens is 488 g/mol. The van der Waals surface area contributed by atoms with Gasteiger partial charge in [-0.2, -0.15) is 0 Å². The third-order valence-corrected chi connectivity index (χ3v) is 6.99. The Balaban J connectivity index is 1.29. The normalized spacial score (nSPS) is 11.0. The summed E-state index contributed by atoms with van der Waals surface area (Å²) >= 11 is 0. The van der Waals surface area contributed by atoms with Gasteiger partial charge in [-0.05, 0) is 51.7 Å². The number of benzene rings is 5. The Morgan fingerprint density at radius 3 is 1.38 bits per heavy atom. The van der Waals surface area contributed by atoms with Crippen LogP contribution in [0.5, 0.6) is 0 Å². The highest BCUT2D eigenvalue weighted by atomic mass is 15.0. The Labute approximate surface area is 232 Å². The van der Waals surface area contributed by atoms with Gasteiger partial charge in [-0.3, -0.25) is 4.98 Å². The van der Waals surface area contributed by atoms with Crippen molar-refractivity contribution in [2.45, 2.75) is 0 Å². The Morgan fingerprint density at radius 2 is 0.800 bits per heavy atom. The van der Waals surface area contributed by atoms with Crippen molar-refractivity contribution in [3.63, 3.8) is 0 Å². The quantitative estimate of drug-likeness (QED) is 0.231. The van der Waals surface area contributed by atoms with E-state index in [1.165, 1.54) is 10.8 Å². The van der Waals surface area contributed by atoms with Crippen LogP contribution in [0.25, 0.3) is 67.2 Å². The van der Waals surface area contributed by atoms with E-state index in [1.54, 1.807) is 6.20 Å². The van der Waals surface area contributed by atoms with E-state index in [9.17, 15) is 0 Å². The minimum absolute atomic E-state index is 0.649. The lowest BCUT2D eigenvalue weighted by Crippen LogP contribution is -2.00. The molecule has 0 unspecified atom stereocenters. The minimum atomic E-state index is 0.649. The van der Waals surface area contributed by atoms with E-state index < -0.39 is 0 Å². The molecule has 40 heavy (non-hydrogen) atoms. The molecule has 0 bridgehead atoms. The van der Waals surface area contributed by atoms with Gasteiger partial charge in [0.1, 0.15) is 0 Å². The molecule has 0 saturated heterocycles. The lowest BCUT2D eigenvalue weighted by molar-refractivity contribution is 1.07. The number of nitrogens with zero attached hydrogens (tertiary/aromatic N) is 4. The maximum Gasteiger partial charge on any atom is 0.164 e. The molecule has 0 atom stereocenters. The van der Waals surface area contributed by atoms with Gasteiger partial charge in [-0.25, -0.2) is 15.0 Å². The van der Waals surface area contributed by atoms with E-state index in [1.807, 2.05) is 72.9 Å². The fourth-order valence-corrected chi connectivity index (χ4v) is 4.91. The van der Waals surface area contributed by atoms with Gasteiger partial charge in [-0.1, -0.05) is 109 Å². The lowest BCUT2D eigenvalue weighted by atomic mass is 9.97. The fraction of sp³-hybridized carbons (Fsp3) is 0. The van der Waals surface area contributed by atoms with Gasteiger partial charge in [0.05, 0.1) is 0 Å². The van der Waals surface area contributed by atoms with Crippen LogP contribution in [0.1, 0.15) is 0 Å². The molecule has 0 saturated carbocycles. The second-order valence-corrected chi connectivity index (χ2v) is 9.64. The molecule has 2 aromatic heterocycles. The smallest absolute Gasteiger partial charge is 0.164 e. The Morgan fingerprint density at radius 1 is 0.325 bits per heavy atom. The summed E-state index contributed by atoms with van der Waals surface area (Å²) in [4.78, 5) is 18.9. The maximum atomic E-state index is 4.90. The predicted molar refractivity (Wildman–Crippen MR) is 162 cm³/mol. The molecule has 4 heteroatoms. The molecule has 7 aromatic rings. The molecular formula is C36H24N4. The van der Waals surface area contributed by atoms with E-state index in [0.29, 0.717) is 17.5 Å².